The number of nitrogens with zero attached hydrogens (tertiary/aromatic N) is 1. The van der Waals surface area contributed by atoms with Crippen molar-refractivity contribution in [2.24, 2.45) is 0 Å². The monoisotopic (exact) mass is 205 g/mol. The summed E-state index contributed by atoms with van der Waals surface area (Å²) in [5, 5.41) is 10.1. The normalized spacial score (nSPS) is 14.2. The standard InChI is InChI=1S/C10H11N3O2/c1-12-10(14)13-7-4-2-3-5-8(7)15-6-9(13)11/h2-5,11H,6H2,1H3,(H,12,14). The number of amidine groups is 1. The van der Waals surface area contributed by atoms with Gasteiger partial charge in [-0.25, -0.2) is 9.69 Å². The van der Waals surface area contributed by atoms with Gasteiger partial charge in [-0.2, -0.15) is 0 Å². The molecular formula is C10H11N3O2. The Morgan fingerprint density at radius 2 is 2.27 bits per heavy atom. The van der Waals surface area contributed by atoms with Gasteiger partial charge in [-0.3, -0.25) is 5.41 Å². The zero-order valence-corrected chi connectivity index (χ0v) is 8.28. The summed E-state index contributed by atoms with van der Waals surface area (Å²) in [6.45, 7) is 0.116. The summed E-state index contributed by atoms with van der Waals surface area (Å²) >= 11 is 0. The molecule has 0 fully saturated rings. The number of hydrogen-bond donors (Lipinski definition) is 2. The molecule has 1 aromatic rings. The first-order valence-electron chi connectivity index (χ1n) is 4.55. The number of para-hydroxylation sites is 2. The van der Waals surface area contributed by atoms with Crippen LogP contribution in [0.2, 0.25) is 0 Å². The summed E-state index contributed by atoms with van der Waals surface area (Å²) in [4.78, 5) is 12.9. The van der Waals surface area contributed by atoms with Crippen molar-refractivity contribution in [2.75, 3.05) is 18.6 Å². The first-order chi connectivity index (χ1) is 7.24. The number of hydrogen-bond acceptors (Lipinski definition) is 3. The maximum absolute atomic E-state index is 11.6. The summed E-state index contributed by atoms with van der Waals surface area (Å²) in [6, 6.07) is 6.83. The molecule has 1 aliphatic heterocycles. The number of benzene rings is 1. The molecule has 0 radical (unpaired) electrons. The van der Waals surface area contributed by atoms with E-state index in [1.54, 1.807) is 18.2 Å². The Kier molecular flexibility index (Phi) is 2.29. The Balaban J connectivity index is 2.46. The van der Waals surface area contributed by atoms with E-state index in [2.05, 4.69) is 5.32 Å². The van der Waals surface area contributed by atoms with Crippen LogP contribution in [0.15, 0.2) is 24.3 Å². The highest BCUT2D eigenvalue weighted by molar-refractivity contribution is 6.17. The minimum atomic E-state index is -0.323. The van der Waals surface area contributed by atoms with Crippen LogP contribution in [0.4, 0.5) is 10.5 Å². The number of amides is 2. The highest BCUT2D eigenvalue weighted by Crippen LogP contribution is 2.31. The molecule has 2 rings (SSSR count). The van der Waals surface area contributed by atoms with Crippen LogP contribution in [0.5, 0.6) is 5.75 Å². The number of urea groups is 1. The van der Waals surface area contributed by atoms with Crippen molar-refractivity contribution in [3.05, 3.63) is 24.3 Å². The van der Waals surface area contributed by atoms with E-state index >= 15 is 0 Å². The van der Waals surface area contributed by atoms with Gasteiger partial charge in [0, 0.05) is 7.05 Å². The molecule has 5 heteroatoms. The van der Waals surface area contributed by atoms with Gasteiger partial charge in [0.2, 0.25) is 0 Å². The second-order valence-electron chi connectivity index (χ2n) is 3.09. The molecule has 5 nitrogen and oxygen atoms in total. The highest BCUT2D eigenvalue weighted by atomic mass is 16.5. The lowest BCUT2D eigenvalue weighted by Gasteiger charge is -2.29. The molecule has 0 atom stereocenters. The highest BCUT2D eigenvalue weighted by Gasteiger charge is 2.26. The second kappa shape index (κ2) is 3.61. The third-order valence-electron chi connectivity index (χ3n) is 2.16. The summed E-state index contributed by atoms with van der Waals surface area (Å²) in [5.41, 5.74) is 0.605. The molecule has 15 heavy (non-hydrogen) atoms. The van der Waals surface area contributed by atoms with E-state index in [9.17, 15) is 4.79 Å². The van der Waals surface area contributed by atoms with Gasteiger partial charge in [-0.15, -0.1) is 0 Å². The molecule has 2 amide bonds. The second-order valence-corrected chi connectivity index (χ2v) is 3.09. The van der Waals surface area contributed by atoms with Crippen LogP contribution in [0.1, 0.15) is 0 Å². The van der Waals surface area contributed by atoms with Crippen molar-refractivity contribution in [1.29, 1.82) is 5.41 Å². The molecule has 0 aliphatic carbocycles. The van der Waals surface area contributed by atoms with Crippen molar-refractivity contribution in [3.63, 3.8) is 0 Å². The van der Waals surface area contributed by atoms with Gasteiger partial charge in [-0.1, -0.05) is 12.1 Å². The maximum Gasteiger partial charge on any atom is 0.327 e. The van der Waals surface area contributed by atoms with Crippen molar-refractivity contribution in [1.82, 2.24) is 5.32 Å². The zero-order chi connectivity index (χ0) is 10.8. The number of fused-ring (bicyclic) bond motifs is 1. The number of anilines is 1. The number of rotatable bonds is 0. The van der Waals surface area contributed by atoms with E-state index in [1.165, 1.54) is 11.9 Å². The molecule has 1 aromatic carbocycles. The first kappa shape index (κ1) is 9.51. The number of nitrogens with one attached hydrogen (secondary N) is 2. The van der Waals surface area contributed by atoms with Gasteiger partial charge in [0.1, 0.15) is 18.2 Å². The molecule has 0 unspecified atom stereocenters. The Labute approximate surface area is 87.2 Å². The summed E-state index contributed by atoms with van der Waals surface area (Å²) in [6.07, 6.45) is 0. The van der Waals surface area contributed by atoms with E-state index in [1.807, 2.05) is 6.07 Å². The zero-order valence-electron chi connectivity index (χ0n) is 8.28. The summed E-state index contributed by atoms with van der Waals surface area (Å²) < 4.78 is 5.31. The maximum atomic E-state index is 11.6. The first-order valence-corrected chi connectivity index (χ1v) is 4.55. The Bertz CT molecular complexity index is 417. The summed E-state index contributed by atoms with van der Waals surface area (Å²) in [7, 11) is 1.54. The average molecular weight is 205 g/mol. The van der Waals surface area contributed by atoms with Gasteiger partial charge in [0.15, 0.2) is 0 Å². The van der Waals surface area contributed by atoms with Crippen molar-refractivity contribution < 1.29 is 9.53 Å². The van der Waals surface area contributed by atoms with Crippen LogP contribution in [0, 0.1) is 5.41 Å². The molecule has 1 aliphatic rings. The lowest BCUT2D eigenvalue weighted by Crippen LogP contribution is -2.46. The van der Waals surface area contributed by atoms with Crippen LogP contribution in [0.3, 0.4) is 0 Å². The van der Waals surface area contributed by atoms with Crippen molar-refractivity contribution >= 4 is 17.6 Å². The lowest BCUT2D eigenvalue weighted by molar-refractivity contribution is 0.249. The van der Waals surface area contributed by atoms with Gasteiger partial charge < -0.3 is 10.1 Å². The summed E-state index contributed by atoms with van der Waals surface area (Å²) in [5.74, 6) is 0.755. The molecule has 2 N–H and O–H groups in total. The molecule has 0 bridgehead atoms. The van der Waals surface area contributed by atoms with Gasteiger partial charge in [0.25, 0.3) is 0 Å². The molecule has 1 heterocycles. The molecule has 0 spiro atoms. The minimum Gasteiger partial charge on any atom is -0.483 e. The average Bonchev–Trinajstić information content (AvgIpc) is 2.28. The predicted molar refractivity (Wildman–Crippen MR) is 56.6 cm³/mol. The van der Waals surface area contributed by atoms with E-state index in [-0.39, 0.29) is 18.5 Å². The molecule has 78 valence electrons. The molecular weight excluding hydrogens is 194 g/mol. The Morgan fingerprint density at radius 3 is 3.00 bits per heavy atom. The Hall–Kier alpha value is -2.04. The van der Waals surface area contributed by atoms with E-state index < -0.39 is 0 Å². The van der Waals surface area contributed by atoms with Gasteiger partial charge in [0.05, 0.1) is 5.69 Å². The number of carbonyl (C=O) groups excluding carboxylic acids is 1. The van der Waals surface area contributed by atoms with Crippen LogP contribution in [-0.2, 0) is 0 Å². The fraction of sp³-hybridized carbons (Fsp3) is 0.200. The Morgan fingerprint density at radius 1 is 1.53 bits per heavy atom. The SMILES string of the molecule is CNC(=O)N1C(=N)COc2ccccc21. The molecule has 0 saturated carbocycles. The quantitative estimate of drug-likeness (QED) is 0.668. The van der Waals surface area contributed by atoms with Gasteiger partial charge >= 0.3 is 6.03 Å². The van der Waals surface area contributed by atoms with Gasteiger partial charge in [-0.05, 0) is 12.1 Å². The van der Waals surface area contributed by atoms with Crippen LogP contribution >= 0.6 is 0 Å². The van der Waals surface area contributed by atoms with E-state index in [0.717, 1.165) is 0 Å². The predicted octanol–water partition coefficient (Wildman–Crippen LogP) is 1.20. The van der Waals surface area contributed by atoms with Crippen LogP contribution in [-0.4, -0.2) is 25.5 Å². The minimum absolute atomic E-state index is 0.116. The van der Waals surface area contributed by atoms with Crippen LogP contribution < -0.4 is 15.0 Å². The fourth-order valence-corrected chi connectivity index (χ4v) is 1.46. The third kappa shape index (κ3) is 1.52. The third-order valence-corrected chi connectivity index (χ3v) is 2.16. The van der Waals surface area contributed by atoms with E-state index in [0.29, 0.717) is 11.4 Å². The van der Waals surface area contributed by atoms with Crippen LogP contribution in [0.25, 0.3) is 0 Å². The van der Waals surface area contributed by atoms with Crippen molar-refractivity contribution in [2.45, 2.75) is 0 Å². The van der Waals surface area contributed by atoms with Crippen molar-refractivity contribution in [3.8, 4) is 5.75 Å². The molecule has 0 aromatic heterocycles. The smallest absolute Gasteiger partial charge is 0.327 e. The largest absolute Gasteiger partial charge is 0.483 e. The fourth-order valence-electron chi connectivity index (χ4n) is 1.46. The number of ether oxygens (including phenoxy) is 1. The molecule has 0 saturated heterocycles. The topological polar surface area (TPSA) is 65.4 Å². The number of carbonyl (C=O) groups is 1. The van der Waals surface area contributed by atoms with E-state index in [4.69, 9.17) is 10.1 Å². The lowest BCUT2D eigenvalue weighted by atomic mass is 10.2.